The molecule has 3 aromatic carbocycles. The van der Waals surface area contributed by atoms with Crippen LogP contribution < -0.4 is 10.6 Å². The van der Waals surface area contributed by atoms with Crippen LogP contribution in [0.1, 0.15) is 16.7 Å². The van der Waals surface area contributed by atoms with Crippen LogP contribution in [0, 0.1) is 0 Å². The normalized spacial score (nSPS) is 12.3. The van der Waals surface area contributed by atoms with Crippen molar-refractivity contribution >= 4 is 33.9 Å². The molecule has 8 heteroatoms. The van der Waals surface area contributed by atoms with Crippen LogP contribution in [-0.4, -0.2) is 35.2 Å². The zero-order chi connectivity index (χ0) is 24.3. The summed E-state index contributed by atoms with van der Waals surface area (Å²) in [6.07, 6.45) is -0.509. The van der Waals surface area contributed by atoms with Crippen molar-refractivity contribution in [2.24, 2.45) is 0 Å². The first-order chi connectivity index (χ1) is 16.4. The molecule has 0 aliphatic rings. The van der Waals surface area contributed by atoms with Crippen molar-refractivity contribution in [3.8, 4) is 0 Å². The molecule has 0 radical (unpaired) electrons. The molecule has 0 heterocycles. The molecular formula is C26H25BrN2O5. The van der Waals surface area contributed by atoms with E-state index in [1.807, 2.05) is 66.7 Å². The molecule has 0 aliphatic heterocycles. The number of hydrogen-bond donors (Lipinski definition) is 3. The number of benzene rings is 3. The summed E-state index contributed by atoms with van der Waals surface area (Å²) >= 11 is 3.40. The van der Waals surface area contributed by atoms with Crippen molar-refractivity contribution in [2.45, 2.75) is 31.5 Å². The van der Waals surface area contributed by atoms with Gasteiger partial charge in [0.1, 0.15) is 18.7 Å². The third kappa shape index (κ3) is 7.74. The Morgan fingerprint density at radius 1 is 0.765 bits per heavy atom. The Hall–Kier alpha value is -3.65. The number of carboxylic acids is 1. The van der Waals surface area contributed by atoms with Crippen molar-refractivity contribution in [2.75, 3.05) is 0 Å². The highest BCUT2D eigenvalue weighted by molar-refractivity contribution is 9.10. The molecule has 0 spiro atoms. The third-order valence-electron chi connectivity index (χ3n) is 5.10. The second-order valence-electron chi connectivity index (χ2n) is 7.64. The summed E-state index contributed by atoms with van der Waals surface area (Å²) in [5.74, 6) is -1.78. The Labute approximate surface area is 206 Å². The SMILES string of the molecule is O=C(N[C@H](Cc1ccccc1)C(=O)N[C@H](Cc1ccccc1Br)C(=O)O)OCc1ccccc1. The van der Waals surface area contributed by atoms with Crippen LogP contribution in [0.15, 0.2) is 89.4 Å². The number of carbonyl (C=O) groups is 3. The van der Waals surface area contributed by atoms with Gasteiger partial charge in [-0.3, -0.25) is 4.79 Å². The minimum Gasteiger partial charge on any atom is -0.480 e. The van der Waals surface area contributed by atoms with Crippen LogP contribution in [0.4, 0.5) is 4.79 Å². The van der Waals surface area contributed by atoms with E-state index in [0.29, 0.717) is 0 Å². The minimum atomic E-state index is -1.17. The Bertz CT molecular complexity index is 1110. The number of halogens is 1. The molecule has 0 unspecified atom stereocenters. The first-order valence-electron chi connectivity index (χ1n) is 10.7. The topological polar surface area (TPSA) is 105 Å². The predicted molar refractivity (Wildman–Crippen MR) is 131 cm³/mol. The molecule has 0 saturated carbocycles. The van der Waals surface area contributed by atoms with Gasteiger partial charge in [-0.2, -0.15) is 0 Å². The smallest absolute Gasteiger partial charge is 0.408 e. The molecule has 0 aliphatic carbocycles. The highest BCUT2D eigenvalue weighted by Gasteiger charge is 2.28. The lowest BCUT2D eigenvalue weighted by molar-refractivity contribution is -0.142. The van der Waals surface area contributed by atoms with E-state index >= 15 is 0 Å². The number of rotatable bonds is 10. The molecule has 0 aromatic heterocycles. The summed E-state index contributed by atoms with van der Waals surface area (Å²) in [7, 11) is 0. The fourth-order valence-corrected chi connectivity index (χ4v) is 3.77. The first kappa shape index (κ1) is 25.0. The minimum absolute atomic E-state index is 0.0478. The van der Waals surface area contributed by atoms with E-state index in [1.165, 1.54) is 0 Å². The van der Waals surface area contributed by atoms with E-state index in [0.717, 1.165) is 21.2 Å². The van der Waals surface area contributed by atoms with Gasteiger partial charge < -0.3 is 20.5 Å². The van der Waals surface area contributed by atoms with E-state index in [4.69, 9.17) is 4.74 Å². The second-order valence-corrected chi connectivity index (χ2v) is 8.50. The van der Waals surface area contributed by atoms with Gasteiger partial charge in [0.15, 0.2) is 0 Å². The average Bonchev–Trinajstić information content (AvgIpc) is 2.84. The summed E-state index contributed by atoms with van der Waals surface area (Å²) < 4.78 is 6.01. The van der Waals surface area contributed by atoms with E-state index in [1.54, 1.807) is 18.2 Å². The third-order valence-corrected chi connectivity index (χ3v) is 5.87. The first-order valence-corrected chi connectivity index (χ1v) is 11.5. The van der Waals surface area contributed by atoms with Crippen LogP contribution in [0.3, 0.4) is 0 Å². The summed E-state index contributed by atoms with van der Waals surface area (Å²) in [4.78, 5) is 37.4. The van der Waals surface area contributed by atoms with Gasteiger partial charge in [-0.1, -0.05) is 94.8 Å². The van der Waals surface area contributed by atoms with Crippen molar-refractivity contribution in [1.29, 1.82) is 0 Å². The maximum absolute atomic E-state index is 13.1. The Morgan fingerprint density at radius 2 is 1.35 bits per heavy atom. The van der Waals surface area contributed by atoms with Crippen LogP contribution in [-0.2, 0) is 33.8 Å². The number of alkyl carbamates (subject to hydrolysis) is 1. The molecule has 7 nitrogen and oxygen atoms in total. The van der Waals surface area contributed by atoms with E-state index < -0.39 is 30.1 Å². The number of aliphatic carboxylic acids is 1. The summed E-state index contributed by atoms with van der Waals surface area (Å²) in [5, 5.41) is 14.8. The van der Waals surface area contributed by atoms with Gasteiger partial charge in [-0.05, 0) is 22.8 Å². The molecule has 3 aromatic rings. The molecule has 176 valence electrons. The van der Waals surface area contributed by atoms with E-state index in [9.17, 15) is 19.5 Å². The highest BCUT2D eigenvalue weighted by atomic mass is 79.9. The van der Waals surface area contributed by atoms with Gasteiger partial charge in [0, 0.05) is 17.3 Å². The summed E-state index contributed by atoms with van der Waals surface area (Å²) in [5.41, 5.74) is 2.36. The lowest BCUT2D eigenvalue weighted by Crippen LogP contribution is -2.53. The van der Waals surface area contributed by atoms with Gasteiger partial charge in [0.2, 0.25) is 5.91 Å². The Kier molecular flexibility index (Phi) is 9.22. The van der Waals surface area contributed by atoms with Crippen LogP contribution in [0.2, 0.25) is 0 Å². The zero-order valence-corrected chi connectivity index (χ0v) is 19.9. The van der Waals surface area contributed by atoms with E-state index in [2.05, 4.69) is 26.6 Å². The maximum Gasteiger partial charge on any atom is 0.408 e. The lowest BCUT2D eigenvalue weighted by atomic mass is 10.0. The molecule has 3 rings (SSSR count). The number of hydrogen-bond acceptors (Lipinski definition) is 4. The maximum atomic E-state index is 13.1. The molecule has 2 amide bonds. The summed E-state index contributed by atoms with van der Waals surface area (Å²) in [6.45, 7) is 0.0478. The highest BCUT2D eigenvalue weighted by Crippen LogP contribution is 2.18. The Morgan fingerprint density at radius 3 is 1.97 bits per heavy atom. The number of amides is 2. The number of carbonyl (C=O) groups excluding carboxylic acids is 2. The van der Waals surface area contributed by atoms with Gasteiger partial charge in [-0.15, -0.1) is 0 Å². The monoisotopic (exact) mass is 524 g/mol. The quantitative estimate of drug-likeness (QED) is 0.370. The molecule has 0 bridgehead atoms. The van der Waals surface area contributed by atoms with Crippen molar-refractivity contribution in [3.05, 3.63) is 106 Å². The van der Waals surface area contributed by atoms with Gasteiger partial charge in [0.05, 0.1) is 0 Å². The molecule has 0 saturated heterocycles. The van der Waals surface area contributed by atoms with Crippen molar-refractivity contribution in [1.82, 2.24) is 10.6 Å². The zero-order valence-electron chi connectivity index (χ0n) is 18.3. The molecule has 34 heavy (non-hydrogen) atoms. The fraction of sp³-hybridized carbons (Fsp3) is 0.192. The van der Waals surface area contributed by atoms with Crippen molar-refractivity contribution in [3.63, 3.8) is 0 Å². The molecular weight excluding hydrogens is 500 g/mol. The standard InChI is InChI=1S/C26H25BrN2O5/c27-21-14-8-7-13-20(21)16-23(25(31)32)28-24(30)22(15-18-9-3-1-4-10-18)29-26(33)34-17-19-11-5-2-6-12-19/h1-14,22-23H,15-17H2,(H,28,30)(H,29,33)(H,31,32)/t22-,23-/m1/s1. The Balaban J connectivity index is 1.70. The second kappa shape index (κ2) is 12.6. The number of carboxylic acid groups (broad SMARTS) is 1. The molecule has 2 atom stereocenters. The van der Waals surface area contributed by atoms with Gasteiger partial charge in [0.25, 0.3) is 0 Å². The van der Waals surface area contributed by atoms with E-state index in [-0.39, 0.29) is 19.4 Å². The predicted octanol–water partition coefficient (Wildman–Crippen LogP) is 4.10. The van der Waals surface area contributed by atoms with Crippen LogP contribution >= 0.6 is 15.9 Å². The fourth-order valence-electron chi connectivity index (χ4n) is 3.32. The number of nitrogens with one attached hydrogen (secondary N) is 2. The largest absolute Gasteiger partial charge is 0.480 e. The molecule has 3 N–H and O–H groups in total. The molecule has 0 fully saturated rings. The van der Waals surface area contributed by atoms with Gasteiger partial charge in [-0.25, -0.2) is 9.59 Å². The van der Waals surface area contributed by atoms with Crippen LogP contribution in [0.25, 0.3) is 0 Å². The van der Waals surface area contributed by atoms with Gasteiger partial charge >= 0.3 is 12.1 Å². The number of ether oxygens (including phenoxy) is 1. The summed E-state index contributed by atoms with van der Waals surface area (Å²) in [6, 6.07) is 23.3. The average molecular weight is 525 g/mol. The van der Waals surface area contributed by atoms with Crippen LogP contribution in [0.5, 0.6) is 0 Å². The van der Waals surface area contributed by atoms with Crippen molar-refractivity contribution < 1.29 is 24.2 Å². The lowest BCUT2D eigenvalue weighted by Gasteiger charge is -2.22.